The topological polar surface area (TPSA) is 117 Å². The minimum absolute atomic E-state index is 0.115. The zero-order valence-corrected chi connectivity index (χ0v) is 14.2. The van der Waals surface area contributed by atoms with Gasteiger partial charge < -0.3 is 11.5 Å². The number of hydrogen-bond donors (Lipinski definition) is 2. The SMILES string of the molecule is NC(=O)c1cncc(-c2ccc3nc(N)n(-c4ccccc4)c(=O)c3c2)c1. The number of carbonyl (C=O) groups is 1. The molecule has 7 heteroatoms. The third-order valence-corrected chi connectivity index (χ3v) is 4.26. The van der Waals surface area contributed by atoms with Crippen molar-refractivity contribution in [3.63, 3.8) is 0 Å². The highest BCUT2D eigenvalue weighted by atomic mass is 16.1. The van der Waals surface area contributed by atoms with Crippen LogP contribution in [-0.2, 0) is 0 Å². The van der Waals surface area contributed by atoms with E-state index < -0.39 is 5.91 Å². The molecule has 132 valence electrons. The van der Waals surface area contributed by atoms with E-state index >= 15 is 0 Å². The highest BCUT2D eigenvalue weighted by Gasteiger charge is 2.12. The molecule has 2 heterocycles. The van der Waals surface area contributed by atoms with Gasteiger partial charge in [0.2, 0.25) is 11.9 Å². The molecule has 4 aromatic rings. The first-order valence-electron chi connectivity index (χ1n) is 8.17. The maximum atomic E-state index is 13.1. The number of anilines is 1. The lowest BCUT2D eigenvalue weighted by molar-refractivity contribution is 0.1000. The summed E-state index contributed by atoms with van der Waals surface area (Å²) in [5.41, 5.74) is 13.9. The number of carbonyl (C=O) groups excluding carboxylic acids is 1. The largest absolute Gasteiger partial charge is 0.369 e. The van der Waals surface area contributed by atoms with Crippen LogP contribution in [0.1, 0.15) is 10.4 Å². The van der Waals surface area contributed by atoms with Crippen molar-refractivity contribution in [3.8, 4) is 16.8 Å². The van der Waals surface area contributed by atoms with E-state index in [4.69, 9.17) is 11.5 Å². The molecular weight excluding hydrogens is 342 g/mol. The Labute approximate surface area is 153 Å². The normalized spacial score (nSPS) is 10.8. The second-order valence-corrected chi connectivity index (χ2v) is 6.00. The number of nitrogens with zero attached hydrogens (tertiary/aromatic N) is 3. The van der Waals surface area contributed by atoms with E-state index in [2.05, 4.69) is 9.97 Å². The van der Waals surface area contributed by atoms with Gasteiger partial charge >= 0.3 is 0 Å². The van der Waals surface area contributed by atoms with Crippen molar-refractivity contribution in [3.05, 3.63) is 82.9 Å². The van der Waals surface area contributed by atoms with Gasteiger partial charge in [0.15, 0.2) is 0 Å². The zero-order valence-electron chi connectivity index (χ0n) is 14.2. The number of rotatable bonds is 3. The van der Waals surface area contributed by atoms with E-state index in [-0.39, 0.29) is 11.5 Å². The molecule has 7 nitrogen and oxygen atoms in total. The molecule has 0 bridgehead atoms. The molecule has 0 saturated heterocycles. The highest BCUT2D eigenvalue weighted by molar-refractivity contribution is 5.94. The summed E-state index contributed by atoms with van der Waals surface area (Å²) < 4.78 is 1.37. The predicted octanol–water partition coefficient (Wildman–Crippen LogP) is 2.13. The molecule has 0 radical (unpaired) electrons. The Bertz CT molecular complexity index is 1230. The number of hydrogen-bond acceptors (Lipinski definition) is 5. The van der Waals surface area contributed by atoms with Gasteiger partial charge in [-0.15, -0.1) is 0 Å². The van der Waals surface area contributed by atoms with Crippen LogP contribution in [0.15, 0.2) is 71.8 Å². The fourth-order valence-electron chi connectivity index (χ4n) is 2.94. The molecule has 0 aliphatic rings. The molecule has 27 heavy (non-hydrogen) atoms. The number of nitrogen functional groups attached to an aromatic ring is 1. The number of amides is 1. The summed E-state index contributed by atoms with van der Waals surface area (Å²) >= 11 is 0. The van der Waals surface area contributed by atoms with E-state index in [0.717, 1.165) is 5.56 Å². The molecule has 0 aliphatic heterocycles. The summed E-state index contributed by atoms with van der Waals surface area (Å²) in [6, 6.07) is 15.9. The lowest BCUT2D eigenvalue weighted by Gasteiger charge is -2.11. The van der Waals surface area contributed by atoms with Gasteiger partial charge in [-0.1, -0.05) is 24.3 Å². The first-order chi connectivity index (χ1) is 13.0. The van der Waals surface area contributed by atoms with Gasteiger partial charge in [0.05, 0.1) is 22.2 Å². The molecule has 2 aromatic carbocycles. The lowest BCUT2D eigenvalue weighted by Crippen LogP contribution is -2.23. The van der Waals surface area contributed by atoms with E-state index in [1.54, 1.807) is 42.6 Å². The van der Waals surface area contributed by atoms with Crippen LogP contribution in [0.25, 0.3) is 27.7 Å². The first-order valence-corrected chi connectivity index (χ1v) is 8.17. The monoisotopic (exact) mass is 357 g/mol. The van der Waals surface area contributed by atoms with Crippen LogP contribution >= 0.6 is 0 Å². The van der Waals surface area contributed by atoms with Crippen LogP contribution in [0.2, 0.25) is 0 Å². The van der Waals surface area contributed by atoms with Crippen molar-refractivity contribution in [1.29, 1.82) is 0 Å². The van der Waals surface area contributed by atoms with Gasteiger partial charge in [-0.05, 0) is 35.9 Å². The highest BCUT2D eigenvalue weighted by Crippen LogP contribution is 2.23. The van der Waals surface area contributed by atoms with E-state index in [1.165, 1.54) is 10.8 Å². The van der Waals surface area contributed by atoms with Gasteiger partial charge in [-0.3, -0.25) is 14.6 Å². The van der Waals surface area contributed by atoms with Crippen LogP contribution in [0, 0.1) is 0 Å². The van der Waals surface area contributed by atoms with Crippen molar-refractivity contribution < 1.29 is 4.79 Å². The van der Waals surface area contributed by atoms with Crippen LogP contribution in [0.3, 0.4) is 0 Å². The van der Waals surface area contributed by atoms with Crippen molar-refractivity contribution in [2.24, 2.45) is 5.73 Å². The van der Waals surface area contributed by atoms with Gasteiger partial charge in [0.25, 0.3) is 5.56 Å². The Kier molecular flexibility index (Phi) is 3.89. The van der Waals surface area contributed by atoms with Crippen LogP contribution < -0.4 is 17.0 Å². The van der Waals surface area contributed by atoms with Crippen molar-refractivity contribution >= 4 is 22.8 Å². The van der Waals surface area contributed by atoms with Crippen molar-refractivity contribution in [2.75, 3.05) is 5.73 Å². The van der Waals surface area contributed by atoms with Crippen molar-refractivity contribution in [2.45, 2.75) is 0 Å². The number of primary amides is 1. The molecular formula is C20H15N5O2. The fourth-order valence-corrected chi connectivity index (χ4v) is 2.94. The number of para-hydroxylation sites is 1. The second-order valence-electron chi connectivity index (χ2n) is 6.00. The number of nitrogens with two attached hydrogens (primary N) is 2. The molecule has 1 amide bonds. The summed E-state index contributed by atoms with van der Waals surface area (Å²) in [5.74, 6) is -0.449. The number of fused-ring (bicyclic) bond motifs is 1. The third-order valence-electron chi connectivity index (χ3n) is 4.26. The number of benzene rings is 2. The minimum Gasteiger partial charge on any atom is -0.369 e. The molecule has 0 atom stereocenters. The Hall–Kier alpha value is -4.00. The van der Waals surface area contributed by atoms with Crippen LogP contribution in [-0.4, -0.2) is 20.4 Å². The molecule has 0 fully saturated rings. The maximum absolute atomic E-state index is 13.1. The summed E-state index contributed by atoms with van der Waals surface area (Å²) in [6.07, 6.45) is 3.01. The summed E-state index contributed by atoms with van der Waals surface area (Å²) in [6.45, 7) is 0. The minimum atomic E-state index is -0.564. The first kappa shape index (κ1) is 16.5. The van der Waals surface area contributed by atoms with Gasteiger partial charge in [-0.2, -0.15) is 0 Å². The Morgan fingerprint density at radius 1 is 0.963 bits per heavy atom. The average Bonchev–Trinajstić information content (AvgIpc) is 2.69. The molecule has 0 saturated carbocycles. The average molecular weight is 357 g/mol. The van der Waals surface area contributed by atoms with E-state index in [9.17, 15) is 9.59 Å². The molecule has 4 rings (SSSR count). The van der Waals surface area contributed by atoms with Crippen LogP contribution in [0.4, 0.5) is 5.95 Å². The van der Waals surface area contributed by atoms with Crippen LogP contribution in [0.5, 0.6) is 0 Å². The van der Waals surface area contributed by atoms with Gasteiger partial charge in [0, 0.05) is 18.0 Å². The lowest BCUT2D eigenvalue weighted by atomic mass is 10.0. The predicted molar refractivity (Wildman–Crippen MR) is 104 cm³/mol. The Morgan fingerprint density at radius 3 is 2.48 bits per heavy atom. The molecule has 0 spiro atoms. The molecule has 0 aliphatic carbocycles. The van der Waals surface area contributed by atoms with Gasteiger partial charge in [-0.25, -0.2) is 9.55 Å². The summed E-state index contributed by atoms with van der Waals surface area (Å²) in [5, 5.41) is 0.412. The number of aromatic nitrogens is 3. The standard InChI is InChI=1S/C20H15N5O2/c21-18(26)14-8-13(10-23-11-14)12-6-7-17-16(9-12)19(27)25(20(22)24-17)15-4-2-1-3-5-15/h1-11H,(H2,21,26)(H2,22,24). The zero-order chi connectivity index (χ0) is 19.0. The van der Waals surface area contributed by atoms with E-state index in [0.29, 0.717) is 27.7 Å². The Balaban J connectivity index is 1.93. The molecule has 0 unspecified atom stereocenters. The third kappa shape index (κ3) is 2.91. The number of pyridine rings is 1. The smallest absolute Gasteiger partial charge is 0.267 e. The Morgan fingerprint density at radius 2 is 1.74 bits per heavy atom. The quantitative estimate of drug-likeness (QED) is 0.582. The molecule has 4 N–H and O–H groups in total. The fraction of sp³-hybridized carbons (Fsp3) is 0. The van der Waals surface area contributed by atoms with E-state index in [1.807, 2.05) is 18.2 Å². The van der Waals surface area contributed by atoms with Gasteiger partial charge in [0.1, 0.15) is 0 Å². The molecule has 2 aromatic heterocycles. The van der Waals surface area contributed by atoms with Crippen molar-refractivity contribution in [1.82, 2.24) is 14.5 Å². The second kappa shape index (κ2) is 6.38. The maximum Gasteiger partial charge on any atom is 0.267 e. The summed E-state index contributed by atoms with van der Waals surface area (Å²) in [7, 11) is 0. The summed E-state index contributed by atoms with van der Waals surface area (Å²) in [4.78, 5) is 32.8.